The Kier molecular flexibility index (Phi) is 5.21. The maximum atomic E-state index is 9.33. The van der Waals surface area contributed by atoms with Crippen molar-refractivity contribution in [1.29, 1.82) is 0 Å². The van der Waals surface area contributed by atoms with Crippen LogP contribution in [0.25, 0.3) is 0 Å². The minimum absolute atomic E-state index is 0.237. The third kappa shape index (κ3) is 4.34. The smallest absolute Gasteiger partial charge is 0.115 e. The average molecular weight is 249 g/mol. The number of hydrogen-bond acceptors (Lipinski definition) is 2. The van der Waals surface area contributed by atoms with E-state index in [4.69, 9.17) is 0 Å². The van der Waals surface area contributed by atoms with Gasteiger partial charge in [0.2, 0.25) is 0 Å². The summed E-state index contributed by atoms with van der Waals surface area (Å²) in [6.07, 6.45) is 1.03. The van der Waals surface area contributed by atoms with Gasteiger partial charge in [0.1, 0.15) is 5.75 Å². The van der Waals surface area contributed by atoms with E-state index in [9.17, 15) is 5.11 Å². The summed E-state index contributed by atoms with van der Waals surface area (Å²) in [6, 6.07) is 8.09. The van der Waals surface area contributed by atoms with Gasteiger partial charge < -0.3 is 10.4 Å². The number of nitrogens with one attached hydrogen (secondary N) is 1. The molecule has 0 aliphatic rings. The topological polar surface area (TPSA) is 32.3 Å². The fourth-order valence-corrected chi connectivity index (χ4v) is 1.99. The van der Waals surface area contributed by atoms with Gasteiger partial charge in [-0.15, -0.1) is 0 Å². The van der Waals surface area contributed by atoms with E-state index in [0.717, 1.165) is 13.0 Å². The molecule has 2 nitrogen and oxygen atoms in total. The van der Waals surface area contributed by atoms with Crippen molar-refractivity contribution in [3.05, 3.63) is 29.8 Å². The van der Waals surface area contributed by atoms with Crippen molar-refractivity contribution in [3.63, 3.8) is 0 Å². The van der Waals surface area contributed by atoms with E-state index in [1.165, 1.54) is 5.56 Å². The van der Waals surface area contributed by atoms with Crippen LogP contribution in [0.15, 0.2) is 24.3 Å². The first-order valence-electron chi connectivity index (χ1n) is 6.85. The number of rotatable bonds is 6. The largest absolute Gasteiger partial charge is 0.508 e. The van der Waals surface area contributed by atoms with Crippen LogP contribution in [0.5, 0.6) is 5.75 Å². The van der Waals surface area contributed by atoms with Crippen molar-refractivity contribution in [1.82, 2.24) is 5.32 Å². The third-order valence-corrected chi connectivity index (χ3v) is 3.85. The lowest BCUT2D eigenvalue weighted by Gasteiger charge is -2.35. The highest BCUT2D eigenvalue weighted by Crippen LogP contribution is 2.31. The molecule has 1 aromatic rings. The van der Waals surface area contributed by atoms with Crippen LogP contribution >= 0.6 is 0 Å². The summed E-state index contributed by atoms with van der Waals surface area (Å²) in [5.74, 6) is 0.947. The Labute approximate surface area is 111 Å². The standard InChI is InChI=1S/C16H27NO/c1-12(2)16(5,11-17-13(3)4)10-14-6-8-15(18)9-7-14/h6-9,12-13,17-18H,10-11H2,1-5H3. The van der Waals surface area contributed by atoms with E-state index in [0.29, 0.717) is 17.7 Å². The highest BCUT2D eigenvalue weighted by atomic mass is 16.3. The van der Waals surface area contributed by atoms with Gasteiger partial charge in [0.15, 0.2) is 0 Å². The van der Waals surface area contributed by atoms with Gasteiger partial charge in [-0.3, -0.25) is 0 Å². The van der Waals surface area contributed by atoms with Crippen LogP contribution in [-0.2, 0) is 6.42 Å². The fourth-order valence-electron chi connectivity index (χ4n) is 1.99. The first kappa shape index (κ1) is 15.0. The van der Waals surface area contributed by atoms with Gasteiger partial charge in [-0.05, 0) is 35.4 Å². The zero-order chi connectivity index (χ0) is 13.8. The Morgan fingerprint density at radius 2 is 1.67 bits per heavy atom. The molecule has 0 aromatic heterocycles. The first-order chi connectivity index (χ1) is 8.33. The van der Waals surface area contributed by atoms with Gasteiger partial charge >= 0.3 is 0 Å². The van der Waals surface area contributed by atoms with Crippen LogP contribution < -0.4 is 5.32 Å². The Morgan fingerprint density at radius 1 is 1.11 bits per heavy atom. The van der Waals surface area contributed by atoms with Crippen LogP contribution in [-0.4, -0.2) is 17.7 Å². The van der Waals surface area contributed by atoms with Gasteiger partial charge in [0.05, 0.1) is 0 Å². The van der Waals surface area contributed by atoms with Crippen molar-refractivity contribution in [2.75, 3.05) is 6.54 Å². The zero-order valence-electron chi connectivity index (χ0n) is 12.3. The summed E-state index contributed by atoms with van der Waals surface area (Å²) in [6.45, 7) is 12.3. The van der Waals surface area contributed by atoms with Crippen molar-refractivity contribution in [2.24, 2.45) is 11.3 Å². The summed E-state index contributed by atoms with van der Waals surface area (Å²) in [5.41, 5.74) is 1.52. The summed E-state index contributed by atoms with van der Waals surface area (Å²) < 4.78 is 0. The van der Waals surface area contributed by atoms with Crippen LogP contribution in [0.1, 0.15) is 40.2 Å². The first-order valence-corrected chi connectivity index (χ1v) is 6.85. The van der Waals surface area contributed by atoms with E-state index in [1.54, 1.807) is 12.1 Å². The Bertz CT molecular complexity index is 356. The lowest BCUT2D eigenvalue weighted by atomic mass is 9.74. The highest BCUT2D eigenvalue weighted by Gasteiger charge is 2.28. The average Bonchev–Trinajstić information content (AvgIpc) is 2.29. The molecule has 0 aliphatic carbocycles. The number of aromatic hydroxyl groups is 1. The number of benzene rings is 1. The molecular weight excluding hydrogens is 222 g/mol. The maximum absolute atomic E-state index is 9.33. The molecule has 2 heteroatoms. The van der Waals surface area contributed by atoms with Gasteiger partial charge in [0.25, 0.3) is 0 Å². The summed E-state index contributed by atoms with van der Waals surface area (Å²) >= 11 is 0. The normalized spacial score (nSPS) is 15.1. The highest BCUT2D eigenvalue weighted by molar-refractivity contribution is 5.26. The number of phenolic OH excluding ortho intramolecular Hbond substituents is 1. The van der Waals surface area contributed by atoms with Crippen molar-refractivity contribution in [2.45, 2.75) is 47.1 Å². The monoisotopic (exact) mass is 249 g/mol. The molecule has 18 heavy (non-hydrogen) atoms. The maximum Gasteiger partial charge on any atom is 0.115 e. The lowest BCUT2D eigenvalue weighted by molar-refractivity contribution is 0.202. The van der Waals surface area contributed by atoms with Crippen LogP contribution in [0.3, 0.4) is 0 Å². The molecule has 2 N–H and O–H groups in total. The van der Waals surface area contributed by atoms with Crippen molar-refractivity contribution >= 4 is 0 Å². The second kappa shape index (κ2) is 6.24. The van der Waals surface area contributed by atoms with E-state index in [2.05, 4.69) is 39.9 Å². The van der Waals surface area contributed by atoms with E-state index in [1.807, 2.05) is 12.1 Å². The molecule has 1 atom stereocenters. The Hall–Kier alpha value is -1.02. The second-order valence-electron chi connectivity index (χ2n) is 6.19. The van der Waals surface area contributed by atoms with Crippen molar-refractivity contribution < 1.29 is 5.11 Å². The molecule has 0 spiro atoms. The molecule has 102 valence electrons. The van der Waals surface area contributed by atoms with Crippen molar-refractivity contribution in [3.8, 4) is 5.75 Å². The molecular formula is C16H27NO. The zero-order valence-corrected chi connectivity index (χ0v) is 12.3. The Balaban J connectivity index is 2.75. The number of hydrogen-bond donors (Lipinski definition) is 2. The van der Waals surface area contributed by atoms with E-state index in [-0.39, 0.29) is 5.41 Å². The molecule has 1 aromatic carbocycles. The predicted octanol–water partition coefficient (Wildman–Crippen LogP) is 3.60. The predicted molar refractivity (Wildman–Crippen MR) is 77.9 cm³/mol. The SMILES string of the molecule is CC(C)NCC(C)(Cc1ccc(O)cc1)C(C)C. The van der Waals surface area contributed by atoms with Gasteiger partial charge in [-0.25, -0.2) is 0 Å². The number of phenols is 1. The van der Waals surface area contributed by atoms with Crippen LogP contribution in [0.4, 0.5) is 0 Å². The Morgan fingerprint density at radius 3 is 2.11 bits per heavy atom. The van der Waals surface area contributed by atoms with Gasteiger partial charge in [-0.1, -0.05) is 46.8 Å². The second-order valence-corrected chi connectivity index (χ2v) is 6.19. The molecule has 0 aliphatic heterocycles. The summed E-state index contributed by atoms with van der Waals surface area (Å²) in [5, 5.41) is 12.9. The molecule has 0 bridgehead atoms. The lowest BCUT2D eigenvalue weighted by Crippen LogP contribution is -2.40. The van der Waals surface area contributed by atoms with E-state index < -0.39 is 0 Å². The molecule has 0 fully saturated rings. The van der Waals surface area contributed by atoms with E-state index >= 15 is 0 Å². The van der Waals surface area contributed by atoms with Crippen LogP contribution in [0, 0.1) is 11.3 Å². The third-order valence-electron chi connectivity index (χ3n) is 3.85. The molecule has 1 unspecified atom stereocenters. The summed E-state index contributed by atoms with van der Waals surface area (Å²) in [7, 11) is 0. The molecule has 0 radical (unpaired) electrons. The van der Waals surface area contributed by atoms with Gasteiger partial charge in [-0.2, -0.15) is 0 Å². The van der Waals surface area contributed by atoms with Crippen LogP contribution in [0.2, 0.25) is 0 Å². The minimum Gasteiger partial charge on any atom is -0.508 e. The molecule has 0 amide bonds. The minimum atomic E-state index is 0.237. The quantitative estimate of drug-likeness (QED) is 0.807. The molecule has 0 saturated carbocycles. The summed E-state index contributed by atoms with van der Waals surface area (Å²) in [4.78, 5) is 0. The molecule has 0 heterocycles. The fraction of sp³-hybridized carbons (Fsp3) is 0.625. The molecule has 1 rings (SSSR count). The molecule has 0 saturated heterocycles. The van der Waals surface area contributed by atoms with Gasteiger partial charge in [0, 0.05) is 12.6 Å².